The van der Waals surface area contributed by atoms with E-state index in [0.29, 0.717) is 17.5 Å². The number of nitrogens with zero attached hydrogens (tertiary/aromatic N) is 3. The number of benzene rings is 2. The zero-order chi connectivity index (χ0) is 20.3. The second-order valence-corrected chi connectivity index (χ2v) is 7.08. The van der Waals surface area contributed by atoms with Crippen molar-refractivity contribution in [3.63, 3.8) is 0 Å². The molecule has 0 N–H and O–H groups in total. The van der Waals surface area contributed by atoms with Gasteiger partial charge in [0.05, 0.1) is 6.54 Å². The molecular weight excluding hydrogens is 354 g/mol. The molecule has 0 spiro atoms. The van der Waals surface area contributed by atoms with Crippen LogP contribution in [0.15, 0.2) is 47.0 Å². The van der Waals surface area contributed by atoms with E-state index in [1.165, 1.54) is 10.5 Å². The first-order valence-corrected chi connectivity index (χ1v) is 9.22. The molecule has 0 aliphatic carbocycles. The molecule has 1 atom stereocenters. The van der Waals surface area contributed by atoms with Crippen LogP contribution in [0.2, 0.25) is 0 Å². The van der Waals surface area contributed by atoms with Crippen LogP contribution in [-0.2, 0) is 11.3 Å². The number of aryl methyl sites for hydroxylation is 3. The minimum atomic E-state index is -0.619. The summed E-state index contributed by atoms with van der Waals surface area (Å²) in [6.07, 6.45) is -0.619. The number of hydrogen-bond donors (Lipinski definition) is 0. The van der Waals surface area contributed by atoms with Crippen molar-refractivity contribution < 1.29 is 14.1 Å². The van der Waals surface area contributed by atoms with Gasteiger partial charge >= 0.3 is 0 Å². The van der Waals surface area contributed by atoms with Crippen LogP contribution in [0.4, 0.5) is 0 Å². The van der Waals surface area contributed by atoms with E-state index in [-0.39, 0.29) is 12.5 Å². The molecule has 0 fully saturated rings. The fraction of sp³-hybridized carbons (Fsp3) is 0.318. The van der Waals surface area contributed by atoms with Gasteiger partial charge in [-0.3, -0.25) is 4.79 Å². The molecule has 1 amide bonds. The number of rotatable bonds is 6. The summed E-state index contributed by atoms with van der Waals surface area (Å²) in [4.78, 5) is 18.5. The number of aromatic nitrogens is 2. The molecule has 28 heavy (non-hydrogen) atoms. The molecule has 0 unspecified atom stereocenters. The van der Waals surface area contributed by atoms with Crippen LogP contribution in [0.1, 0.15) is 29.5 Å². The number of carbonyl (C=O) groups excluding carboxylic acids is 1. The third kappa shape index (κ3) is 4.57. The van der Waals surface area contributed by atoms with Gasteiger partial charge in [0.25, 0.3) is 5.91 Å². The van der Waals surface area contributed by atoms with Gasteiger partial charge in [0.15, 0.2) is 6.10 Å². The molecule has 0 bridgehead atoms. The maximum atomic E-state index is 12.6. The predicted molar refractivity (Wildman–Crippen MR) is 107 cm³/mol. The van der Waals surface area contributed by atoms with Gasteiger partial charge in [-0.25, -0.2) is 0 Å². The zero-order valence-corrected chi connectivity index (χ0v) is 16.9. The Morgan fingerprint density at radius 3 is 2.50 bits per heavy atom. The summed E-state index contributed by atoms with van der Waals surface area (Å²) >= 11 is 0. The fourth-order valence-electron chi connectivity index (χ4n) is 2.77. The lowest BCUT2D eigenvalue weighted by molar-refractivity contribution is -0.137. The second kappa shape index (κ2) is 8.25. The molecule has 0 radical (unpaired) electrons. The molecule has 6 heteroatoms. The molecule has 146 valence electrons. The van der Waals surface area contributed by atoms with Crippen molar-refractivity contribution in [1.29, 1.82) is 0 Å². The minimum absolute atomic E-state index is 0.159. The van der Waals surface area contributed by atoms with Crippen LogP contribution in [0.5, 0.6) is 5.75 Å². The summed E-state index contributed by atoms with van der Waals surface area (Å²) in [6, 6.07) is 13.7. The van der Waals surface area contributed by atoms with Crippen molar-refractivity contribution >= 4 is 5.91 Å². The standard InChI is InChI=1S/C22H25N3O3/c1-14-6-9-18(10-7-14)21-23-20(28-24-21)13-25(5)22(26)17(4)27-19-11-8-15(2)16(3)12-19/h6-12,17H,13H2,1-5H3/t17-/m1/s1. The smallest absolute Gasteiger partial charge is 0.263 e. The molecule has 0 saturated carbocycles. The average molecular weight is 379 g/mol. The van der Waals surface area contributed by atoms with E-state index >= 15 is 0 Å². The van der Waals surface area contributed by atoms with E-state index in [9.17, 15) is 4.79 Å². The molecule has 6 nitrogen and oxygen atoms in total. The number of ether oxygens (including phenoxy) is 1. The molecule has 2 aromatic carbocycles. The number of hydrogen-bond acceptors (Lipinski definition) is 5. The summed E-state index contributed by atoms with van der Waals surface area (Å²) in [5.41, 5.74) is 4.35. The first-order chi connectivity index (χ1) is 13.3. The Bertz CT molecular complexity index is 963. The molecule has 3 rings (SSSR count). The predicted octanol–water partition coefficient (Wildman–Crippen LogP) is 4.09. The number of likely N-dealkylation sites (N-methyl/N-ethyl adjacent to an activating group) is 1. The van der Waals surface area contributed by atoms with Gasteiger partial charge in [0.2, 0.25) is 11.7 Å². The quantitative estimate of drug-likeness (QED) is 0.645. The number of carbonyl (C=O) groups is 1. The van der Waals surface area contributed by atoms with Gasteiger partial charge in [0.1, 0.15) is 5.75 Å². The second-order valence-electron chi connectivity index (χ2n) is 7.08. The summed E-state index contributed by atoms with van der Waals surface area (Å²) in [5, 5.41) is 4.00. The highest BCUT2D eigenvalue weighted by molar-refractivity contribution is 5.80. The van der Waals surface area contributed by atoms with Crippen LogP contribution in [0.25, 0.3) is 11.4 Å². The van der Waals surface area contributed by atoms with Crippen molar-refractivity contribution in [3.05, 3.63) is 65.0 Å². The van der Waals surface area contributed by atoms with E-state index in [4.69, 9.17) is 9.26 Å². The van der Waals surface area contributed by atoms with E-state index in [2.05, 4.69) is 10.1 Å². The van der Waals surface area contributed by atoms with Crippen molar-refractivity contribution in [1.82, 2.24) is 15.0 Å². The zero-order valence-electron chi connectivity index (χ0n) is 16.9. The highest BCUT2D eigenvalue weighted by Gasteiger charge is 2.21. The Morgan fingerprint density at radius 1 is 1.11 bits per heavy atom. The first kappa shape index (κ1) is 19.6. The lowest BCUT2D eigenvalue weighted by Gasteiger charge is -2.21. The fourth-order valence-corrected chi connectivity index (χ4v) is 2.77. The number of amides is 1. The Balaban J connectivity index is 1.62. The minimum Gasteiger partial charge on any atom is -0.481 e. The topological polar surface area (TPSA) is 68.5 Å². The Labute approximate surface area is 165 Å². The van der Waals surface area contributed by atoms with Crippen LogP contribution in [0.3, 0.4) is 0 Å². The SMILES string of the molecule is Cc1ccc(-c2noc(CN(C)C(=O)[C@@H](C)Oc3ccc(C)c(C)c3)n2)cc1. The maximum absolute atomic E-state index is 12.6. The first-order valence-electron chi connectivity index (χ1n) is 9.22. The van der Waals surface area contributed by atoms with Gasteiger partial charge in [-0.1, -0.05) is 41.1 Å². The maximum Gasteiger partial charge on any atom is 0.263 e. The van der Waals surface area contributed by atoms with Gasteiger partial charge in [-0.15, -0.1) is 0 Å². The summed E-state index contributed by atoms with van der Waals surface area (Å²) in [7, 11) is 1.69. The van der Waals surface area contributed by atoms with Crippen LogP contribution >= 0.6 is 0 Å². The van der Waals surface area contributed by atoms with Gasteiger partial charge in [-0.05, 0) is 51.0 Å². The lowest BCUT2D eigenvalue weighted by Crippen LogP contribution is -2.37. The van der Waals surface area contributed by atoms with Gasteiger partial charge in [0, 0.05) is 12.6 Å². The largest absolute Gasteiger partial charge is 0.481 e. The summed E-state index contributed by atoms with van der Waals surface area (Å²) in [6.45, 7) is 8.03. The Morgan fingerprint density at radius 2 is 1.82 bits per heavy atom. The van der Waals surface area contributed by atoms with Crippen LogP contribution in [-0.4, -0.2) is 34.1 Å². The third-order valence-corrected chi connectivity index (χ3v) is 4.67. The molecule has 3 aromatic rings. The Hall–Kier alpha value is -3.15. The Kier molecular flexibility index (Phi) is 5.78. The molecule has 0 aliphatic rings. The van der Waals surface area contributed by atoms with Crippen molar-refractivity contribution in [3.8, 4) is 17.1 Å². The lowest BCUT2D eigenvalue weighted by atomic mass is 10.1. The summed E-state index contributed by atoms with van der Waals surface area (Å²) in [5.74, 6) is 1.41. The molecule has 1 heterocycles. The molecule has 0 aliphatic heterocycles. The third-order valence-electron chi connectivity index (χ3n) is 4.67. The monoisotopic (exact) mass is 379 g/mol. The molecular formula is C22H25N3O3. The highest BCUT2D eigenvalue weighted by Crippen LogP contribution is 2.19. The summed E-state index contributed by atoms with van der Waals surface area (Å²) < 4.78 is 11.1. The van der Waals surface area contributed by atoms with Gasteiger partial charge < -0.3 is 14.2 Å². The van der Waals surface area contributed by atoms with Gasteiger partial charge in [-0.2, -0.15) is 4.98 Å². The van der Waals surface area contributed by atoms with E-state index < -0.39 is 6.10 Å². The van der Waals surface area contributed by atoms with Crippen molar-refractivity contribution in [2.45, 2.75) is 40.3 Å². The molecule has 0 saturated heterocycles. The average Bonchev–Trinajstić information content (AvgIpc) is 3.13. The van der Waals surface area contributed by atoms with Crippen LogP contribution in [0, 0.1) is 20.8 Å². The van der Waals surface area contributed by atoms with Crippen molar-refractivity contribution in [2.24, 2.45) is 0 Å². The molecule has 1 aromatic heterocycles. The van der Waals surface area contributed by atoms with E-state index in [0.717, 1.165) is 16.7 Å². The normalized spacial score (nSPS) is 11.9. The highest BCUT2D eigenvalue weighted by atomic mass is 16.5. The van der Waals surface area contributed by atoms with Crippen molar-refractivity contribution in [2.75, 3.05) is 7.05 Å². The van der Waals surface area contributed by atoms with Crippen LogP contribution < -0.4 is 4.74 Å². The van der Waals surface area contributed by atoms with E-state index in [1.54, 1.807) is 14.0 Å². The van der Waals surface area contributed by atoms with E-state index in [1.807, 2.05) is 63.2 Å².